The van der Waals surface area contributed by atoms with Crippen LogP contribution in [0.1, 0.15) is 25.8 Å². The zero-order valence-electron chi connectivity index (χ0n) is 10.6. The maximum atomic E-state index is 10.9. The summed E-state index contributed by atoms with van der Waals surface area (Å²) in [5.74, 6) is -0.272. The van der Waals surface area contributed by atoms with Crippen LogP contribution in [0.2, 0.25) is 0 Å². The Balaban J connectivity index is 2.46. The van der Waals surface area contributed by atoms with E-state index in [0.717, 1.165) is 13.6 Å². The van der Waals surface area contributed by atoms with Gasteiger partial charge in [0.1, 0.15) is 0 Å². The van der Waals surface area contributed by atoms with Crippen LogP contribution in [0, 0.1) is 3.57 Å². The standard InChI is InChI=1S/C12H12BrIN4O2/c1-2-8(6-11(19)20)18-12(15-16-17-18)9-5-7(13)3-4-10(9)14/h3-5,8H,2,6H2,1H3,(H,19,20). The third kappa shape index (κ3) is 3.35. The van der Waals surface area contributed by atoms with Gasteiger partial charge in [-0.1, -0.05) is 22.9 Å². The van der Waals surface area contributed by atoms with Crippen molar-refractivity contribution in [3.63, 3.8) is 0 Å². The second kappa shape index (κ2) is 6.61. The van der Waals surface area contributed by atoms with Gasteiger partial charge < -0.3 is 5.11 Å². The Morgan fingerprint density at radius 2 is 2.30 bits per heavy atom. The van der Waals surface area contributed by atoms with Gasteiger partial charge in [0.05, 0.1) is 12.5 Å². The first-order valence-electron chi connectivity index (χ1n) is 5.98. The van der Waals surface area contributed by atoms with Crippen molar-refractivity contribution in [3.8, 4) is 11.4 Å². The molecule has 106 valence electrons. The first-order valence-corrected chi connectivity index (χ1v) is 7.85. The lowest BCUT2D eigenvalue weighted by Gasteiger charge is -2.15. The van der Waals surface area contributed by atoms with E-state index in [1.54, 1.807) is 4.68 Å². The van der Waals surface area contributed by atoms with Crippen LogP contribution in [0.5, 0.6) is 0 Å². The summed E-state index contributed by atoms with van der Waals surface area (Å²) in [5.41, 5.74) is 0.883. The molecule has 1 N–H and O–H groups in total. The maximum Gasteiger partial charge on any atom is 0.305 e. The van der Waals surface area contributed by atoms with E-state index in [0.29, 0.717) is 12.2 Å². The molecular weight excluding hydrogens is 439 g/mol. The predicted molar refractivity (Wildman–Crippen MR) is 85.3 cm³/mol. The number of nitrogens with zero attached hydrogens (tertiary/aromatic N) is 4. The molecule has 0 radical (unpaired) electrons. The lowest BCUT2D eigenvalue weighted by molar-refractivity contribution is -0.138. The number of aliphatic carboxylic acids is 1. The fourth-order valence-corrected chi connectivity index (χ4v) is 2.83. The summed E-state index contributed by atoms with van der Waals surface area (Å²) in [6, 6.07) is 5.56. The van der Waals surface area contributed by atoms with E-state index in [1.807, 2.05) is 25.1 Å². The van der Waals surface area contributed by atoms with E-state index in [2.05, 4.69) is 54.0 Å². The third-order valence-electron chi connectivity index (χ3n) is 2.89. The Kier molecular flexibility index (Phi) is 5.08. The van der Waals surface area contributed by atoms with Crippen molar-refractivity contribution >= 4 is 44.5 Å². The molecule has 0 bridgehead atoms. The van der Waals surface area contributed by atoms with Crippen molar-refractivity contribution in [3.05, 3.63) is 26.2 Å². The summed E-state index contributed by atoms with van der Waals surface area (Å²) >= 11 is 5.64. The van der Waals surface area contributed by atoms with Crippen LogP contribution in [0.3, 0.4) is 0 Å². The highest BCUT2D eigenvalue weighted by molar-refractivity contribution is 14.1. The van der Waals surface area contributed by atoms with Gasteiger partial charge in [-0.2, -0.15) is 0 Å². The highest BCUT2D eigenvalue weighted by Gasteiger charge is 2.21. The zero-order valence-corrected chi connectivity index (χ0v) is 14.4. The quantitative estimate of drug-likeness (QED) is 0.707. The van der Waals surface area contributed by atoms with Gasteiger partial charge in [0.25, 0.3) is 0 Å². The fraction of sp³-hybridized carbons (Fsp3) is 0.333. The highest BCUT2D eigenvalue weighted by atomic mass is 127. The minimum Gasteiger partial charge on any atom is -0.481 e. The average Bonchev–Trinajstić information content (AvgIpc) is 2.87. The fourth-order valence-electron chi connectivity index (χ4n) is 1.89. The molecule has 0 fully saturated rings. The van der Waals surface area contributed by atoms with Gasteiger partial charge in [-0.15, -0.1) is 5.10 Å². The van der Waals surface area contributed by atoms with Crippen molar-refractivity contribution in [2.45, 2.75) is 25.8 Å². The number of carbonyl (C=O) groups is 1. The number of carboxylic acid groups (broad SMARTS) is 1. The molecule has 1 aromatic heterocycles. The number of tetrazole rings is 1. The summed E-state index contributed by atoms with van der Waals surface area (Å²) in [4.78, 5) is 10.9. The molecule has 0 aliphatic rings. The van der Waals surface area contributed by atoms with Crippen molar-refractivity contribution in [2.24, 2.45) is 0 Å². The van der Waals surface area contributed by atoms with Crippen LogP contribution in [-0.2, 0) is 4.79 Å². The molecule has 0 spiro atoms. The number of rotatable bonds is 5. The van der Waals surface area contributed by atoms with Crippen molar-refractivity contribution in [1.29, 1.82) is 0 Å². The van der Waals surface area contributed by atoms with Crippen LogP contribution >= 0.6 is 38.5 Å². The monoisotopic (exact) mass is 450 g/mol. The molecule has 0 aliphatic carbocycles. The first-order chi connectivity index (χ1) is 9.52. The molecule has 20 heavy (non-hydrogen) atoms. The summed E-state index contributed by atoms with van der Waals surface area (Å²) in [6.45, 7) is 1.92. The summed E-state index contributed by atoms with van der Waals surface area (Å²) in [7, 11) is 0. The van der Waals surface area contributed by atoms with E-state index < -0.39 is 5.97 Å². The summed E-state index contributed by atoms with van der Waals surface area (Å²) < 4.78 is 3.53. The number of benzene rings is 1. The first kappa shape index (κ1) is 15.4. The third-order valence-corrected chi connectivity index (χ3v) is 4.32. The van der Waals surface area contributed by atoms with Gasteiger partial charge >= 0.3 is 5.97 Å². The van der Waals surface area contributed by atoms with Gasteiger partial charge in [-0.3, -0.25) is 4.79 Å². The Morgan fingerprint density at radius 1 is 1.55 bits per heavy atom. The zero-order chi connectivity index (χ0) is 14.7. The van der Waals surface area contributed by atoms with E-state index >= 15 is 0 Å². The number of aromatic nitrogens is 4. The molecule has 0 saturated carbocycles. The Hall–Kier alpha value is -1.03. The minimum absolute atomic E-state index is 0.000871. The van der Waals surface area contributed by atoms with E-state index in [-0.39, 0.29) is 12.5 Å². The molecule has 2 aromatic rings. The van der Waals surface area contributed by atoms with E-state index in [1.165, 1.54) is 0 Å². The summed E-state index contributed by atoms with van der Waals surface area (Å²) in [6.07, 6.45) is 0.647. The second-order valence-corrected chi connectivity index (χ2v) is 6.31. The van der Waals surface area contributed by atoms with Crippen LogP contribution in [-0.4, -0.2) is 31.3 Å². The number of hydrogen-bond donors (Lipinski definition) is 1. The van der Waals surface area contributed by atoms with Gasteiger partial charge in [0.15, 0.2) is 5.82 Å². The average molecular weight is 451 g/mol. The van der Waals surface area contributed by atoms with Crippen LogP contribution < -0.4 is 0 Å². The van der Waals surface area contributed by atoms with Crippen LogP contribution in [0.15, 0.2) is 22.7 Å². The smallest absolute Gasteiger partial charge is 0.305 e. The van der Waals surface area contributed by atoms with Crippen molar-refractivity contribution in [2.75, 3.05) is 0 Å². The lowest BCUT2D eigenvalue weighted by Crippen LogP contribution is -2.16. The lowest BCUT2D eigenvalue weighted by atomic mass is 10.1. The molecule has 6 nitrogen and oxygen atoms in total. The van der Waals surface area contributed by atoms with Gasteiger partial charge in [-0.05, 0) is 57.6 Å². The highest BCUT2D eigenvalue weighted by Crippen LogP contribution is 2.29. The topological polar surface area (TPSA) is 80.9 Å². The number of hydrogen-bond acceptors (Lipinski definition) is 4. The molecule has 1 unspecified atom stereocenters. The SMILES string of the molecule is CCC(CC(=O)O)n1nnnc1-c1cc(Br)ccc1I. The van der Waals surface area contributed by atoms with Gasteiger partial charge in [-0.25, -0.2) is 4.68 Å². The molecule has 0 aliphatic heterocycles. The van der Waals surface area contributed by atoms with Gasteiger partial charge in [0.2, 0.25) is 0 Å². The maximum absolute atomic E-state index is 10.9. The predicted octanol–water partition coefficient (Wildman–Crippen LogP) is 3.13. The largest absolute Gasteiger partial charge is 0.481 e. The molecule has 2 rings (SSSR count). The van der Waals surface area contributed by atoms with Crippen molar-refractivity contribution < 1.29 is 9.90 Å². The Bertz CT molecular complexity index is 632. The van der Waals surface area contributed by atoms with Crippen molar-refractivity contribution in [1.82, 2.24) is 20.2 Å². The van der Waals surface area contributed by atoms with E-state index in [4.69, 9.17) is 5.11 Å². The van der Waals surface area contributed by atoms with E-state index in [9.17, 15) is 4.79 Å². The molecule has 0 amide bonds. The second-order valence-electron chi connectivity index (χ2n) is 4.23. The van der Waals surface area contributed by atoms with Gasteiger partial charge in [0, 0.05) is 13.6 Å². The van der Waals surface area contributed by atoms with Crippen LogP contribution in [0.25, 0.3) is 11.4 Å². The summed E-state index contributed by atoms with van der Waals surface area (Å²) in [5, 5.41) is 20.7. The molecule has 1 heterocycles. The van der Waals surface area contributed by atoms with Crippen LogP contribution in [0.4, 0.5) is 0 Å². The molecule has 1 aromatic carbocycles. The Morgan fingerprint density at radius 3 is 2.95 bits per heavy atom. The molecular formula is C12H12BrIN4O2. The Labute approximate surface area is 137 Å². The number of halogens is 2. The minimum atomic E-state index is -0.859. The molecule has 0 saturated heterocycles. The molecule has 8 heteroatoms. The molecule has 1 atom stereocenters. The normalized spacial score (nSPS) is 12.3. The number of carboxylic acids is 1.